The van der Waals surface area contributed by atoms with Crippen molar-refractivity contribution in [1.82, 2.24) is 14.3 Å². The molecule has 21 heavy (non-hydrogen) atoms. The molecule has 3 aromatic rings. The number of thiazole rings is 1. The first-order valence-corrected chi connectivity index (χ1v) is 7.61. The van der Waals surface area contributed by atoms with Gasteiger partial charge in [0.05, 0.1) is 12.2 Å². The van der Waals surface area contributed by atoms with Crippen LogP contribution in [0.4, 0.5) is 0 Å². The number of hydrogen-bond donors (Lipinski definition) is 0. The maximum Gasteiger partial charge on any atom is 0.259 e. The predicted molar refractivity (Wildman–Crippen MR) is 82.7 cm³/mol. The Bertz CT molecular complexity index is 831. The van der Waals surface area contributed by atoms with Crippen molar-refractivity contribution in [3.8, 4) is 0 Å². The molecule has 0 fully saturated rings. The second-order valence-electron chi connectivity index (χ2n) is 5.27. The summed E-state index contributed by atoms with van der Waals surface area (Å²) in [4.78, 5) is 19.5. The summed E-state index contributed by atoms with van der Waals surface area (Å²) in [7, 11) is 1.99. The lowest BCUT2D eigenvalue weighted by atomic mass is 10.3. The van der Waals surface area contributed by atoms with Gasteiger partial charge in [0.2, 0.25) is 0 Å². The van der Waals surface area contributed by atoms with Gasteiger partial charge in [-0.1, -0.05) is 0 Å². The van der Waals surface area contributed by atoms with Crippen LogP contribution in [0.5, 0.6) is 0 Å². The van der Waals surface area contributed by atoms with Crippen LogP contribution >= 0.6 is 11.3 Å². The average Bonchev–Trinajstić information content (AvgIpc) is 2.96. The lowest BCUT2D eigenvalue weighted by molar-refractivity contribution is 0.282. The molecule has 110 valence electrons. The Kier molecular flexibility index (Phi) is 3.65. The fourth-order valence-electron chi connectivity index (χ4n) is 2.35. The molecule has 0 unspecified atom stereocenters. The molecule has 0 aliphatic rings. The topological polar surface area (TPSA) is 50.8 Å². The van der Waals surface area contributed by atoms with Gasteiger partial charge in [0.25, 0.3) is 5.56 Å². The van der Waals surface area contributed by atoms with Crippen molar-refractivity contribution in [1.29, 1.82) is 0 Å². The lowest BCUT2D eigenvalue weighted by Crippen LogP contribution is -2.21. The van der Waals surface area contributed by atoms with Gasteiger partial charge in [0.15, 0.2) is 4.96 Å². The van der Waals surface area contributed by atoms with Gasteiger partial charge in [0, 0.05) is 23.7 Å². The third-order valence-corrected chi connectivity index (χ3v) is 4.23. The molecular weight excluding hydrogens is 286 g/mol. The summed E-state index contributed by atoms with van der Waals surface area (Å²) in [6, 6.07) is 5.53. The van der Waals surface area contributed by atoms with Crippen molar-refractivity contribution >= 4 is 16.3 Å². The van der Waals surface area contributed by atoms with Crippen molar-refractivity contribution in [2.75, 3.05) is 7.05 Å². The van der Waals surface area contributed by atoms with Crippen LogP contribution in [0.2, 0.25) is 0 Å². The minimum absolute atomic E-state index is 0.0176. The van der Waals surface area contributed by atoms with E-state index in [0.717, 1.165) is 27.9 Å². The van der Waals surface area contributed by atoms with Crippen molar-refractivity contribution in [3.63, 3.8) is 0 Å². The summed E-state index contributed by atoms with van der Waals surface area (Å²) in [5.41, 5.74) is 1.70. The molecule has 0 saturated carbocycles. The van der Waals surface area contributed by atoms with Crippen LogP contribution in [0.3, 0.4) is 0 Å². The third-order valence-electron chi connectivity index (χ3n) is 3.28. The Labute approximate surface area is 126 Å². The Hall–Kier alpha value is -1.92. The summed E-state index contributed by atoms with van der Waals surface area (Å²) >= 11 is 1.49. The highest BCUT2D eigenvalue weighted by Crippen LogP contribution is 2.13. The van der Waals surface area contributed by atoms with Crippen molar-refractivity contribution < 1.29 is 4.42 Å². The summed E-state index contributed by atoms with van der Waals surface area (Å²) in [6.45, 7) is 5.15. The molecule has 0 saturated heterocycles. The number of nitrogens with zero attached hydrogens (tertiary/aromatic N) is 3. The molecule has 0 N–H and O–H groups in total. The molecular formula is C15H17N3O2S. The minimum atomic E-state index is -0.0176. The van der Waals surface area contributed by atoms with Crippen molar-refractivity contribution in [3.05, 3.63) is 56.8 Å². The first-order valence-electron chi connectivity index (χ1n) is 6.73. The van der Waals surface area contributed by atoms with E-state index in [0.29, 0.717) is 13.1 Å². The number of hydrogen-bond acceptors (Lipinski definition) is 5. The van der Waals surface area contributed by atoms with Crippen LogP contribution < -0.4 is 5.56 Å². The number of fused-ring (bicyclic) bond motifs is 1. The molecule has 0 aliphatic heterocycles. The van der Waals surface area contributed by atoms with Crippen LogP contribution in [0.25, 0.3) is 4.96 Å². The van der Waals surface area contributed by atoms with Crippen LogP contribution in [0.1, 0.15) is 22.9 Å². The maximum absolute atomic E-state index is 12.1. The van der Waals surface area contributed by atoms with Gasteiger partial charge in [-0.25, -0.2) is 4.98 Å². The number of furan rings is 1. The Morgan fingerprint density at radius 1 is 1.33 bits per heavy atom. The SMILES string of the molecule is Cc1ccc(CN(C)Cc2cc(=O)n3c(C)csc3n2)o1. The highest BCUT2D eigenvalue weighted by atomic mass is 32.1. The first-order chi connectivity index (χ1) is 10.0. The fourth-order valence-corrected chi connectivity index (χ4v) is 3.24. The summed E-state index contributed by atoms with van der Waals surface area (Å²) in [6.07, 6.45) is 0. The largest absolute Gasteiger partial charge is 0.465 e. The summed E-state index contributed by atoms with van der Waals surface area (Å²) < 4.78 is 7.21. The Morgan fingerprint density at radius 3 is 2.86 bits per heavy atom. The van der Waals surface area contributed by atoms with Crippen molar-refractivity contribution in [2.24, 2.45) is 0 Å². The molecule has 0 atom stereocenters. The number of aromatic nitrogens is 2. The third kappa shape index (κ3) is 2.91. The van der Waals surface area contributed by atoms with E-state index in [4.69, 9.17) is 4.42 Å². The van der Waals surface area contributed by atoms with E-state index in [2.05, 4.69) is 9.88 Å². The van der Waals surface area contributed by atoms with Gasteiger partial charge in [0.1, 0.15) is 11.5 Å². The van der Waals surface area contributed by atoms with Gasteiger partial charge in [-0.2, -0.15) is 0 Å². The van der Waals surface area contributed by atoms with Crippen LogP contribution in [0.15, 0.2) is 32.8 Å². The van der Waals surface area contributed by atoms with E-state index in [1.54, 1.807) is 10.5 Å². The highest BCUT2D eigenvalue weighted by molar-refractivity contribution is 7.15. The van der Waals surface area contributed by atoms with E-state index in [9.17, 15) is 4.79 Å². The maximum atomic E-state index is 12.1. The molecule has 5 nitrogen and oxygen atoms in total. The van der Waals surface area contributed by atoms with Gasteiger partial charge in [-0.05, 0) is 33.0 Å². The fraction of sp³-hybridized carbons (Fsp3) is 0.333. The molecule has 0 spiro atoms. The lowest BCUT2D eigenvalue weighted by Gasteiger charge is -2.14. The Balaban J connectivity index is 1.79. The van der Waals surface area contributed by atoms with E-state index in [1.165, 1.54) is 11.3 Å². The molecule has 0 radical (unpaired) electrons. The normalized spacial score (nSPS) is 11.6. The highest BCUT2D eigenvalue weighted by Gasteiger charge is 2.10. The zero-order valence-electron chi connectivity index (χ0n) is 12.3. The van der Waals surface area contributed by atoms with Gasteiger partial charge in [-0.3, -0.25) is 14.1 Å². The second-order valence-corrected chi connectivity index (χ2v) is 6.10. The van der Waals surface area contributed by atoms with Crippen molar-refractivity contribution in [2.45, 2.75) is 26.9 Å². The predicted octanol–water partition coefficient (Wildman–Crippen LogP) is 2.60. The van der Waals surface area contributed by atoms with E-state index < -0.39 is 0 Å². The Morgan fingerprint density at radius 2 is 2.14 bits per heavy atom. The quantitative estimate of drug-likeness (QED) is 0.743. The smallest absolute Gasteiger partial charge is 0.259 e. The summed E-state index contributed by atoms with van der Waals surface area (Å²) in [5, 5.41) is 1.95. The van der Waals surface area contributed by atoms with Gasteiger partial charge < -0.3 is 4.42 Å². The number of rotatable bonds is 4. The average molecular weight is 303 g/mol. The monoisotopic (exact) mass is 303 g/mol. The summed E-state index contributed by atoms with van der Waals surface area (Å²) in [5.74, 6) is 1.82. The molecule has 0 amide bonds. The molecule has 6 heteroatoms. The molecule has 3 heterocycles. The van der Waals surface area contributed by atoms with Crippen LogP contribution in [-0.2, 0) is 13.1 Å². The zero-order valence-corrected chi connectivity index (χ0v) is 13.1. The molecule has 0 bridgehead atoms. The minimum Gasteiger partial charge on any atom is -0.465 e. The van der Waals surface area contributed by atoms with Crippen LogP contribution in [0, 0.1) is 13.8 Å². The molecule has 3 aromatic heterocycles. The van der Waals surface area contributed by atoms with Gasteiger partial charge >= 0.3 is 0 Å². The zero-order chi connectivity index (χ0) is 15.0. The van der Waals surface area contributed by atoms with Crippen LogP contribution in [-0.4, -0.2) is 21.3 Å². The number of aryl methyl sites for hydroxylation is 2. The second kappa shape index (κ2) is 5.46. The van der Waals surface area contributed by atoms with E-state index in [1.807, 2.05) is 38.4 Å². The van der Waals surface area contributed by atoms with Gasteiger partial charge in [-0.15, -0.1) is 11.3 Å². The first kappa shape index (κ1) is 14.0. The molecule has 0 aromatic carbocycles. The molecule has 0 aliphatic carbocycles. The molecule has 3 rings (SSSR count). The van der Waals surface area contributed by atoms with E-state index >= 15 is 0 Å². The standard InChI is InChI=1S/C15H17N3O2S/c1-10-9-21-15-16-12(6-14(19)18(10)15)7-17(3)8-13-5-4-11(2)20-13/h4-6,9H,7-8H2,1-3H3. The van der Waals surface area contributed by atoms with E-state index in [-0.39, 0.29) is 5.56 Å².